The van der Waals surface area contributed by atoms with E-state index < -0.39 is 5.97 Å². The van der Waals surface area contributed by atoms with E-state index in [-0.39, 0.29) is 18.0 Å². The van der Waals surface area contributed by atoms with Gasteiger partial charge >= 0.3 is 5.97 Å². The Kier molecular flexibility index (Phi) is 7.31. The molecule has 3 aromatic rings. The Bertz CT molecular complexity index is 1130. The number of nitrogens with zero attached hydrogens (tertiary/aromatic N) is 6. The van der Waals surface area contributed by atoms with E-state index in [4.69, 9.17) is 15.2 Å². The predicted octanol–water partition coefficient (Wildman–Crippen LogP) is 3.60. The summed E-state index contributed by atoms with van der Waals surface area (Å²) in [4.78, 5) is 22.6. The maximum absolute atomic E-state index is 12.0. The molecule has 3 rings (SSSR count). The van der Waals surface area contributed by atoms with Crippen molar-refractivity contribution in [1.82, 2.24) is 20.0 Å². The molecular weight excluding hydrogens is 442 g/mol. The molecule has 0 amide bonds. The average molecular weight is 462 g/mol. The lowest BCUT2D eigenvalue weighted by Crippen LogP contribution is -2.08. The lowest BCUT2D eigenvalue weighted by atomic mass is 10.1. The van der Waals surface area contributed by atoms with E-state index in [1.165, 1.54) is 23.1 Å². The van der Waals surface area contributed by atoms with Crippen LogP contribution >= 0.6 is 23.1 Å². The van der Waals surface area contributed by atoms with Crippen LogP contribution < -0.4 is 5.73 Å². The number of esters is 1. The number of thioether (sulfide) groups is 1. The van der Waals surface area contributed by atoms with E-state index in [2.05, 4.69) is 25.5 Å². The fourth-order valence-corrected chi connectivity index (χ4v) is 4.18. The van der Waals surface area contributed by atoms with Gasteiger partial charge in [-0.1, -0.05) is 30.0 Å². The number of carbonyl (C=O) groups excluding carboxylic acids is 2. The Hall–Kier alpha value is -3.32. The third-order valence-electron chi connectivity index (χ3n) is 3.92. The normalized spacial score (nSPS) is 11.1. The smallest absolute Gasteiger partial charge is 0.337 e. The number of methoxy groups -OCH3 is 1. The fraction of sp³-hybridized carbons (Fsp3) is 0.278. The number of carbonyl (C=O) groups is 2. The van der Waals surface area contributed by atoms with E-state index in [9.17, 15) is 9.59 Å². The van der Waals surface area contributed by atoms with Gasteiger partial charge in [0.2, 0.25) is 0 Å². The summed E-state index contributed by atoms with van der Waals surface area (Å²) in [6.45, 7) is 4.06. The molecule has 31 heavy (non-hydrogen) atoms. The van der Waals surface area contributed by atoms with Crippen molar-refractivity contribution in [3.63, 3.8) is 0 Å². The van der Waals surface area contributed by atoms with Gasteiger partial charge in [0.05, 0.1) is 24.1 Å². The summed E-state index contributed by atoms with van der Waals surface area (Å²) in [7, 11) is 1.28. The number of aromatic nitrogens is 4. The highest BCUT2D eigenvalue weighted by atomic mass is 32.2. The van der Waals surface area contributed by atoms with Crippen molar-refractivity contribution >= 4 is 52.2 Å². The van der Waals surface area contributed by atoms with Crippen LogP contribution in [0.5, 0.6) is 0 Å². The molecule has 2 aromatic heterocycles. The van der Waals surface area contributed by atoms with Crippen molar-refractivity contribution in [2.45, 2.75) is 24.8 Å². The zero-order chi connectivity index (χ0) is 22.4. The molecule has 0 aliphatic rings. The molecule has 2 N–H and O–H groups in total. The Balaban J connectivity index is 1.97. The molecule has 13 heteroatoms. The van der Waals surface area contributed by atoms with E-state index in [0.29, 0.717) is 34.2 Å². The number of azo groups is 1. The predicted molar refractivity (Wildman–Crippen MR) is 115 cm³/mol. The second-order valence-corrected chi connectivity index (χ2v) is 8.47. The lowest BCUT2D eigenvalue weighted by Gasteiger charge is -2.09. The van der Waals surface area contributed by atoms with Gasteiger partial charge in [-0.05, 0) is 36.4 Å². The minimum Gasteiger partial charge on any atom is -0.465 e. The van der Waals surface area contributed by atoms with Crippen LogP contribution in [0.1, 0.15) is 28.5 Å². The van der Waals surface area contributed by atoms with Gasteiger partial charge in [0.25, 0.3) is 11.6 Å². The minimum absolute atomic E-state index is 0.0246. The van der Waals surface area contributed by atoms with Crippen molar-refractivity contribution in [2.75, 3.05) is 18.6 Å². The summed E-state index contributed by atoms with van der Waals surface area (Å²) in [6, 6.07) is 4.82. The number of hydrogen-bond donors (Lipinski definition) is 1. The monoisotopic (exact) mass is 461 g/mol. The summed E-state index contributed by atoms with van der Waals surface area (Å²) in [5.41, 5.74) is 8.47. The summed E-state index contributed by atoms with van der Waals surface area (Å²) < 4.78 is 11.8. The summed E-state index contributed by atoms with van der Waals surface area (Å²) >= 11 is 2.90. The van der Waals surface area contributed by atoms with Crippen molar-refractivity contribution in [1.29, 1.82) is 0 Å². The standard InChI is InChI=1S/C18H19N7O4S2/c1-4-30-18-23-22-17(31-18)21-20-14-10(2)24-25(15(14)19)13-6-11(8-29-9-26)5-12(7-13)16(27)28-3/h5-7,9H,4,8,19H2,1-3H3. The first kappa shape index (κ1) is 22.4. The number of aryl methyl sites for hydroxylation is 1. The second-order valence-electron chi connectivity index (χ2n) is 6.00. The van der Waals surface area contributed by atoms with Gasteiger partial charge in [-0.2, -0.15) is 5.10 Å². The second kappa shape index (κ2) is 10.1. The molecule has 0 bridgehead atoms. The molecule has 0 fully saturated rings. The average Bonchev–Trinajstić information content (AvgIpc) is 3.33. The minimum atomic E-state index is -0.548. The first-order chi connectivity index (χ1) is 15.0. The first-order valence-electron chi connectivity index (χ1n) is 8.97. The van der Waals surface area contributed by atoms with Crippen molar-refractivity contribution < 1.29 is 19.1 Å². The van der Waals surface area contributed by atoms with E-state index in [0.717, 1.165) is 10.1 Å². The maximum atomic E-state index is 12.0. The number of benzene rings is 1. The summed E-state index contributed by atoms with van der Waals surface area (Å²) in [6.07, 6.45) is 0. The van der Waals surface area contributed by atoms with Crippen LogP contribution in [-0.4, -0.2) is 45.3 Å². The molecular formula is C18H19N7O4S2. The molecule has 162 valence electrons. The molecule has 0 saturated carbocycles. The summed E-state index contributed by atoms with van der Waals surface area (Å²) in [5.74, 6) is 0.557. The van der Waals surface area contributed by atoms with Crippen LogP contribution in [0.3, 0.4) is 0 Å². The van der Waals surface area contributed by atoms with Gasteiger partial charge in [0.15, 0.2) is 15.8 Å². The van der Waals surface area contributed by atoms with Gasteiger partial charge < -0.3 is 15.2 Å². The highest BCUT2D eigenvalue weighted by molar-refractivity contribution is 8.01. The highest BCUT2D eigenvalue weighted by Gasteiger charge is 2.17. The third kappa shape index (κ3) is 5.24. The topological polar surface area (TPSA) is 147 Å². The van der Waals surface area contributed by atoms with E-state index >= 15 is 0 Å². The number of anilines is 1. The number of nitrogens with two attached hydrogens (primary N) is 1. The molecule has 0 aliphatic heterocycles. The van der Waals surface area contributed by atoms with Crippen LogP contribution in [0.15, 0.2) is 32.8 Å². The van der Waals surface area contributed by atoms with Crippen LogP contribution in [0, 0.1) is 6.92 Å². The zero-order valence-corrected chi connectivity index (χ0v) is 18.6. The van der Waals surface area contributed by atoms with Crippen LogP contribution in [0.4, 0.5) is 16.6 Å². The number of hydrogen-bond acceptors (Lipinski definition) is 12. The Morgan fingerprint density at radius 1 is 1.32 bits per heavy atom. The summed E-state index contributed by atoms with van der Waals surface area (Å²) in [5, 5.41) is 21.1. The fourth-order valence-electron chi connectivity index (χ4n) is 2.62. The highest BCUT2D eigenvalue weighted by Crippen LogP contribution is 2.33. The molecule has 0 saturated heterocycles. The molecule has 0 unspecified atom stereocenters. The van der Waals surface area contributed by atoms with E-state index in [1.807, 2.05) is 6.92 Å². The number of rotatable bonds is 9. The molecule has 0 spiro atoms. The van der Waals surface area contributed by atoms with Crippen LogP contribution in [-0.2, 0) is 20.9 Å². The SMILES string of the molecule is CCSc1nnc(N=Nc2c(C)nn(-c3cc(COC=O)cc(C(=O)OC)c3)c2N)s1. The van der Waals surface area contributed by atoms with Crippen LogP contribution in [0.2, 0.25) is 0 Å². The number of ether oxygens (including phenoxy) is 2. The Morgan fingerprint density at radius 3 is 2.84 bits per heavy atom. The number of nitrogen functional groups attached to an aromatic ring is 1. The third-order valence-corrected chi connectivity index (χ3v) is 5.75. The largest absolute Gasteiger partial charge is 0.465 e. The van der Waals surface area contributed by atoms with Crippen molar-refractivity contribution in [3.05, 3.63) is 35.0 Å². The molecule has 2 heterocycles. The molecule has 11 nitrogen and oxygen atoms in total. The van der Waals surface area contributed by atoms with E-state index in [1.54, 1.807) is 36.9 Å². The van der Waals surface area contributed by atoms with Crippen LogP contribution in [0.25, 0.3) is 5.69 Å². The molecule has 0 atom stereocenters. The zero-order valence-electron chi connectivity index (χ0n) is 16.9. The van der Waals surface area contributed by atoms with Gasteiger partial charge in [0.1, 0.15) is 6.61 Å². The molecule has 0 aliphatic carbocycles. The van der Waals surface area contributed by atoms with Crippen molar-refractivity contribution in [3.8, 4) is 5.69 Å². The van der Waals surface area contributed by atoms with Gasteiger partial charge in [0, 0.05) is 0 Å². The van der Waals surface area contributed by atoms with Crippen molar-refractivity contribution in [2.24, 2.45) is 10.2 Å². The lowest BCUT2D eigenvalue weighted by molar-refractivity contribution is -0.129. The van der Waals surface area contributed by atoms with Gasteiger partial charge in [-0.15, -0.1) is 20.4 Å². The Morgan fingerprint density at radius 2 is 2.13 bits per heavy atom. The Labute approximate surface area is 185 Å². The quantitative estimate of drug-likeness (QED) is 0.218. The molecule has 0 radical (unpaired) electrons. The maximum Gasteiger partial charge on any atom is 0.337 e. The molecule has 1 aromatic carbocycles. The first-order valence-corrected chi connectivity index (χ1v) is 10.8. The van der Waals surface area contributed by atoms with Gasteiger partial charge in [-0.3, -0.25) is 4.79 Å². The van der Waals surface area contributed by atoms with Gasteiger partial charge in [-0.25, -0.2) is 9.48 Å².